The largest absolute Gasteiger partial charge is 0.440 e. The Hall–Kier alpha value is -1.27. The molecule has 0 aliphatic carbocycles. The topological polar surface area (TPSA) is 101 Å². The zero-order valence-electron chi connectivity index (χ0n) is 23.3. The molecule has 0 rings (SSSR count). The normalized spacial score (nSPS) is 15.7. The fourth-order valence-electron chi connectivity index (χ4n) is 4.75. The molecule has 2 N–H and O–H groups in total. The van der Waals surface area contributed by atoms with Gasteiger partial charge in [0.1, 0.15) is 6.10 Å². The Morgan fingerprint density at radius 1 is 0.686 bits per heavy atom. The molecule has 35 heavy (non-hydrogen) atoms. The van der Waals surface area contributed by atoms with Crippen molar-refractivity contribution in [3.63, 3.8) is 0 Å². The van der Waals surface area contributed by atoms with E-state index in [2.05, 4.69) is 6.92 Å². The number of aliphatic hydroxyl groups is 2. The summed E-state index contributed by atoms with van der Waals surface area (Å²) in [5, 5.41) is 20.8. The van der Waals surface area contributed by atoms with Crippen LogP contribution in [0, 0.1) is 11.8 Å². The summed E-state index contributed by atoms with van der Waals surface area (Å²) in [6.07, 6.45) is 11.0. The van der Waals surface area contributed by atoms with E-state index in [1.807, 2.05) is 27.7 Å². The van der Waals surface area contributed by atoms with Crippen molar-refractivity contribution in [1.82, 2.24) is 0 Å². The van der Waals surface area contributed by atoms with Gasteiger partial charge in [0.15, 0.2) is 11.6 Å². The monoisotopic (exact) mass is 498 g/mol. The van der Waals surface area contributed by atoms with Crippen LogP contribution in [0.15, 0.2) is 0 Å². The van der Waals surface area contributed by atoms with Crippen molar-refractivity contribution in [3.8, 4) is 0 Å². The minimum atomic E-state index is -2.34. The minimum absolute atomic E-state index is 0.0890. The van der Waals surface area contributed by atoms with Crippen molar-refractivity contribution in [2.24, 2.45) is 11.8 Å². The molecule has 0 aliphatic rings. The van der Waals surface area contributed by atoms with Gasteiger partial charge in [-0.2, -0.15) is 0 Å². The molecule has 3 unspecified atom stereocenters. The first-order valence-electron chi connectivity index (χ1n) is 14.4. The molecule has 0 spiro atoms. The number of hydrogen-bond acceptors (Lipinski definition) is 6. The van der Waals surface area contributed by atoms with Gasteiger partial charge in [-0.25, -0.2) is 0 Å². The first-order valence-corrected chi connectivity index (χ1v) is 14.4. The van der Waals surface area contributed by atoms with E-state index < -0.39 is 47.7 Å². The predicted octanol–water partition coefficient (Wildman–Crippen LogP) is 6.33. The van der Waals surface area contributed by atoms with Gasteiger partial charge in [0.25, 0.3) is 5.60 Å². The highest BCUT2D eigenvalue weighted by atomic mass is 16.6. The third kappa shape index (κ3) is 11.1. The summed E-state index contributed by atoms with van der Waals surface area (Å²) in [5.41, 5.74) is -2.34. The van der Waals surface area contributed by atoms with Crippen molar-refractivity contribution < 1.29 is 29.3 Å². The van der Waals surface area contributed by atoms with Crippen LogP contribution in [0.5, 0.6) is 0 Å². The summed E-state index contributed by atoms with van der Waals surface area (Å²) in [7, 11) is 0. The third-order valence-electron chi connectivity index (χ3n) is 7.17. The summed E-state index contributed by atoms with van der Waals surface area (Å²) in [6.45, 7) is 9.14. The Bertz CT molecular complexity index is 560. The van der Waals surface area contributed by atoms with Gasteiger partial charge >= 0.3 is 5.97 Å². The lowest BCUT2D eigenvalue weighted by Gasteiger charge is -2.38. The number of carbonyl (C=O) groups excluding carboxylic acids is 3. The molecule has 6 heteroatoms. The standard InChI is InChI=1S/C29H54O6/c1-6-11-14-15-16-17-18-21-26(32)35-29(25(31)22-30,27(33)23(9-4)19-12-7-2)28(34)24(10-5)20-13-8-3/h23-25,30-31H,6-22H2,1-5H3. The Morgan fingerprint density at radius 2 is 1.11 bits per heavy atom. The first kappa shape index (κ1) is 33.7. The summed E-state index contributed by atoms with van der Waals surface area (Å²) in [6, 6.07) is 0. The number of unbranched alkanes of at least 4 members (excludes halogenated alkanes) is 8. The molecule has 0 amide bonds. The third-order valence-corrected chi connectivity index (χ3v) is 7.17. The van der Waals surface area contributed by atoms with E-state index in [1.54, 1.807) is 0 Å². The summed E-state index contributed by atoms with van der Waals surface area (Å²) in [4.78, 5) is 40.7. The van der Waals surface area contributed by atoms with Crippen LogP contribution in [0.25, 0.3) is 0 Å². The van der Waals surface area contributed by atoms with Gasteiger partial charge in [-0.15, -0.1) is 0 Å². The number of rotatable bonds is 23. The van der Waals surface area contributed by atoms with Crippen molar-refractivity contribution in [1.29, 1.82) is 0 Å². The second-order valence-corrected chi connectivity index (χ2v) is 10.0. The van der Waals surface area contributed by atoms with Gasteiger partial charge in [0, 0.05) is 18.3 Å². The van der Waals surface area contributed by atoms with E-state index in [0.29, 0.717) is 32.1 Å². The van der Waals surface area contributed by atoms with Crippen LogP contribution in [0.4, 0.5) is 0 Å². The van der Waals surface area contributed by atoms with E-state index in [-0.39, 0.29) is 6.42 Å². The molecule has 0 aromatic heterocycles. The molecular formula is C29H54O6. The number of carbonyl (C=O) groups is 3. The Balaban J connectivity index is 5.89. The summed E-state index contributed by atoms with van der Waals surface area (Å²) in [5.74, 6) is -2.79. The first-order chi connectivity index (χ1) is 16.8. The number of aliphatic hydroxyl groups excluding tert-OH is 2. The van der Waals surface area contributed by atoms with Crippen LogP contribution in [0.2, 0.25) is 0 Å². The molecule has 0 aromatic rings. The average molecular weight is 499 g/mol. The molecule has 0 aliphatic heterocycles. The molecule has 3 atom stereocenters. The second kappa shape index (κ2) is 19.9. The number of hydrogen-bond donors (Lipinski definition) is 2. The average Bonchev–Trinajstić information content (AvgIpc) is 2.86. The van der Waals surface area contributed by atoms with Crippen molar-refractivity contribution in [2.75, 3.05) is 6.61 Å². The second-order valence-electron chi connectivity index (χ2n) is 10.0. The molecule has 0 saturated carbocycles. The van der Waals surface area contributed by atoms with Gasteiger partial charge in [0.2, 0.25) is 0 Å². The smallest absolute Gasteiger partial charge is 0.307 e. The quantitative estimate of drug-likeness (QED) is 0.0969. The Labute approximate surface area is 214 Å². The maximum absolute atomic E-state index is 13.9. The van der Waals surface area contributed by atoms with Gasteiger partial charge in [-0.1, -0.05) is 98.8 Å². The van der Waals surface area contributed by atoms with Gasteiger partial charge in [0.05, 0.1) is 6.61 Å². The molecule has 0 bridgehead atoms. The Morgan fingerprint density at radius 3 is 1.51 bits per heavy atom. The van der Waals surface area contributed by atoms with Crippen LogP contribution >= 0.6 is 0 Å². The van der Waals surface area contributed by atoms with E-state index in [0.717, 1.165) is 44.9 Å². The lowest BCUT2D eigenvalue weighted by atomic mass is 9.73. The molecule has 0 saturated heterocycles. The van der Waals surface area contributed by atoms with Crippen LogP contribution in [0.3, 0.4) is 0 Å². The summed E-state index contributed by atoms with van der Waals surface area (Å²) >= 11 is 0. The predicted molar refractivity (Wildman–Crippen MR) is 141 cm³/mol. The number of esters is 1. The highest BCUT2D eigenvalue weighted by Crippen LogP contribution is 2.33. The molecule has 0 heterocycles. The molecule has 0 fully saturated rings. The molecular weight excluding hydrogens is 444 g/mol. The van der Waals surface area contributed by atoms with E-state index in [9.17, 15) is 24.6 Å². The zero-order chi connectivity index (χ0) is 26.7. The fraction of sp³-hybridized carbons (Fsp3) is 0.897. The van der Waals surface area contributed by atoms with E-state index >= 15 is 0 Å². The van der Waals surface area contributed by atoms with Gasteiger partial charge in [-0.05, 0) is 32.1 Å². The highest BCUT2D eigenvalue weighted by molar-refractivity contribution is 6.14. The number of ketones is 2. The number of Topliss-reactive ketones (excluding diaryl/α,β-unsaturated/α-hetero) is 2. The van der Waals surface area contributed by atoms with Crippen LogP contribution in [-0.2, 0) is 19.1 Å². The fourth-order valence-corrected chi connectivity index (χ4v) is 4.75. The minimum Gasteiger partial charge on any atom is -0.440 e. The molecule has 206 valence electrons. The van der Waals surface area contributed by atoms with E-state index in [1.165, 1.54) is 19.3 Å². The van der Waals surface area contributed by atoms with Gasteiger partial charge < -0.3 is 14.9 Å². The Kier molecular flexibility index (Phi) is 19.1. The van der Waals surface area contributed by atoms with Crippen LogP contribution in [-0.4, -0.2) is 46.1 Å². The lowest BCUT2D eigenvalue weighted by Crippen LogP contribution is -2.63. The van der Waals surface area contributed by atoms with Crippen LogP contribution < -0.4 is 0 Å². The maximum Gasteiger partial charge on any atom is 0.307 e. The van der Waals surface area contributed by atoms with Gasteiger partial charge in [-0.3, -0.25) is 14.4 Å². The lowest BCUT2D eigenvalue weighted by molar-refractivity contribution is -0.192. The molecule has 0 aromatic carbocycles. The highest BCUT2D eigenvalue weighted by Gasteiger charge is 2.57. The zero-order valence-corrected chi connectivity index (χ0v) is 23.3. The van der Waals surface area contributed by atoms with Crippen molar-refractivity contribution in [2.45, 2.75) is 149 Å². The molecule has 6 nitrogen and oxygen atoms in total. The molecule has 0 radical (unpaired) electrons. The SMILES string of the molecule is CCCCCCCCCC(=O)OC(C(=O)C(CC)CCCC)(C(=O)C(CC)CCCC)C(O)CO. The van der Waals surface area contributed by atoms with Crippen molar-refractivity contribution in [3.05, 3.63) is 0 Å². The maximum atomic E-state index is 13.9. The van der Waals surface area contributed by atoms with Crippen LogP contribution in [0.1, 0.15) is 137 Å². The summed E-state index contributed by atoms with van der Waals surface area (Å²) < 4.78 is 5.74. The van der Waals surface area contributed by atoms with Crippen molar-refractivity contribution >= 4 is 17.5 Å². The number of ether oxygens (including phenoxy) is 1. The van der Waals surface area contributed by atoms with E-state index in [4.69, 9.17) is 4.74 Å².